The molecular formula is C17H13BrClN3O3. The number of carbonyl (C=O) groups excluding carboxylic acids is 2. The van der Waals surface area contributed by atoms with Crippen molar-refractivity contribution in [2.45, 2.75) is 0 Å². The summed E-state index contributed by atoms with van der Waals surface area (Å²) in [6.07, 6.45) is 0. The summed E-state index contributed by atoms with van der Waals surface area (Å²) in [6.45, 7) is 0. The molecule has 3 N–H and O–H groups in total. The van der Waals surface area contributed by atoms with Gasteiger partial charge in [0.15, 0.2) is 0 Å². The second kappa shape index (κ2) is 7.16. The number of hydrogen-bond donors (Lipinski definition) is 3. The maximum absolute atomic E-state index is 12.3. The number of benzene rings is 2. The number of ether oxygens (including phenoxy) is 1. The number of hydrogen-bond acceptors (Lipinski definition) is 3. The van der Waals surface area contributed by atoms with Crippen molar-refractivity contribution in [1.29, 1.82) is 0 Å². The van der Waals surface area contributed by atoms with E-state index in [1.54, 1.807) is 36.4 Å². The highest BCUT2D eigenvalue weighted by Gasteiger charge is 2.20. The number of urea groups is 1. The number of H-pyrrole nitrogens is 1. The van der Waals surface area contributed by atoms with Crippen LogP contribution in [0.4, 0.5) is 16.2 Å². The maximum atomic E-state index is 12.3. The first-order chi connectivity index (χ1) is 12.0. The highest BCUT2D eigenvalue weighted by atomic mass is 79.9. The van der Waals surface area contributed by atoms with Gasteiger partial charge < -0.3 is 20.4 Å². The number of fused-ring (bicyclic) bond motifs is 1. The van der Waals surface area contributed by atoms with E-state index in [0.29, 0.717) is 27.3 Å². The Balaban J connectivity index is 1.94. The first-order valence-electron chi connectivity index (χ1n) is 7.21. The van der Waals surface area contributed by atoms with Gasteiger partial charge in [0, 0.05) is 26.1 Å². The molecule has 3 rings (SSSR count). The summed E-state index contributed by atoms with van der Waals surface area (Å²) >= 11 is 9.29. The summed E-state index contributed by atoms with van der Waals surface area (Å²) in [5, 5.41) is 6.55. The summed E-state index contributed by atoms with van der Waals surface area (Å²) in [5.41, 5.74) is 1.73. The fraction of sp³-hybridized carbons (Fsp3) is 0.0588. The van der Waals surface area contributed by atoms with Crippen LogP contribution in [-0.2, 0) is 4.74 Å². The Morgan fingerprint density at radius 1 is 1.16 bits per heavy atom. The molecule has 0 bridgehead atoms. The fourth-order valence-electron chi connectivity index (χ4n) is 2.39. The van der Waals surface area contributed by atoms with Crippen molar-refractivity contribution < 1.29 is 14.3 Å². The molecule has 0 aliphatic rings. The monoisotopic (exact) mass is 421 g/mol. The molecule has 0 radical (unpaired) electrons. The number of methoxy groups -OCH3 is 1. The minimum absolute atomic E-state index is 0.164. The number of halogens is 2. The second-order valence-electron chi connectivity index (χ2n) is 5.15. The Labute approximate surface area is 156 Å². The fourth-order valence-corrected chi connectivity index (χ4v) is 2.94. The number of nitrogens with one attached hydrogen (secondary N) is 3. The lowest BCUT2D eigenvalue weighted by Gasteiger charge is -2.09. The molecular weight excluding hydrogens is 410 g/mol. The van der Waals surface area contributed by atoms with Crippen molar-refractivity contribution in [3.63, 3.8) is 0 Å². The minimum atomic E-state index is -0.578. The van der Waals surface area contributed by atoms with E-state index in [4.69, 9.17) is 16.3 Å². The highest BCUT2D eigenvalue weighted by molar-refractivity contribution is 9.10. The molecule has 3 aromatic rings. The van der Waals surface area contributed by atoms with Crippen molar-refractivity contribution in [3.8, 4) is 0 Å². The summed E-state index contributed by atoms with van der Waals surface area (Å²) < 4.78 is 5.59. The van der Waals surface area contributed by atoms with Crippen molar-refractivity contribution in [2.24, 2.45) is 0 Å². The summed E-state index contributed by atoms with van der Waals surface area (Å²) in [5.74, 6) is -0.578. The van der Waals surface area contributed by atoms with Crippen LogP contribution in [0.15, 0.2) is 46.9 Å². The van der Waals surface area contributed by atoms with E-state index in [1.807, 2.05) is 6.07 Å². The van der Waals surface area contributed by atoms with Gasteiger partial charge in [-0.25, -0.2) is 9.59 Å². The Bertz CT molecular complexity index is 971. The lowest BCUT2D eigenvalue weighted by molar-refractivity contribution is 0.0596. The molecule has 0 aliphatic carbocycles. The van der Waals surface area contributed by atoms with Crippen molar-refractivity contribution in [2.75, 3.05) is 17.7 Å². The maximum Gasteiger partial charge on any atom is 0.356 e. The summed E-state index contributed by atoms with van der Waals surface area (Å²) in [7, 11) is 1.28. The molecule has 2 amide bonds. The van der Waals surface area contributed by atoms with Gasteiger partial charge >= 0.3 is 12.0 Å². The van der Waals surface area contributed by atoms with Crippen LogP contribution in [-0.4, -0.2) is 24.1 Å². The molecule has 0 aliphatic heterocycles. The first kappa shape index (κ1) is 17.3. The van der Waals surface area contributed by atoms with E-state index >= 15 is 0 Å². The SMILES string of the molecule is COC(=O)c1[nH]c2ccc(Br)cc2c1NC(=O)Nc1cccc(Cl)c1. The third-order valence-corrected chi connectivity index (χ3v) is 4.20. The van der Waals surface area contributed by atoms with Crippen LogP contribution in [0.5, 0.6) is 0 Å². The third kappa shape index (κ3) is 3.78. The molecule has 8 heteroatoms. The summed E-state index contributed by atoms with van der Waals surface area (Å²) in [4.78, 5) is 27.3. The van der Waals surface area contributed by atoms with E-state index in [2.05, 4.69) is 31.5 Å². The minimum Gasteiger partial charge on any atom is -0.464 e. The van der Waals surface area contributed by atoms with Crippen molar-refractivity contribution in [1.82, 2.24) is 4.98 Å². The third-order valence-electron chi connectivity index (χ3n) is 3.47. The molecule has 1 heterocycles. The van der Waals surface area contributed by atoms with Crippen molar-refractivity contribution >= 4 is 61.8 Å². The zero-order valence-corrected chi connectivity index (χ0v) is 15.4. The standard InChI is InChI=1S/C17H13BrClN3O3/c1-25-16(23)15-14(12-7-9(18)5-6-13(12)21-15)22-17(24)20-11-4-2-3-10(19)8-11/h2-8,21H,1H3,(H2,20,22,24). The first-order valence-corrected chi connectivity index (χ1v) is 8.38. The number of amides is 2. The molecule has 0 atom stereocenters. The van der Waals surface area contributed by atoms with Crippen molar-refractivity contribution in [3.05, 3.63) is 57.7 Å². The lowest BCUT2D eigenvalue weighted by Crippen LogP contribution is -2.21. The van der Waals surface area contributed by atoms with Crippen LogP contribution in [0.25, 0.3) is 10.9 Å². The van der Waals surface area contributed by atoms with Gasteiger partial charge in [-0.05, 0) is 36.4 Å². The molecule has 0 unspecified atom stereocenters. The molecule has 0 saturated carbocycles. The van der Waals surface area contributed by atoms with Gasteiger partial charge in [-0.15, -0.1) is 0 Å². The van der Waals surface area contributed by atoms with Gasteiger partial charge in [-0.3, -0.25) is 0 Å². The molecule has 128 valence electrons. The Kier molecular flexibility index (Phi) is 4.96. The van der Waals surface area contributed by atoms with Gasteiger partial charge in [0.1, 0.15) is 5.69 Å². The molecule has 6 nitrogen and oxygen atoms in total. The Hall–Kier alpha value is -2.51. The quantitative estimate of drug-likeness (QED) is 0.519. The number of anilines is 2. The van der Waals surface area contributed by atoms with Crippen LogP contribution in [0.1, 0.15) is 10.5 Å². The van der Waals surface area contributed by atoms with E-state index in [0.717, 1.165) is 4.47 Å². The molecule has 0 fully saturated rings. The van der Waals surface area contributed by atoms with Gasteiger partial charge in [-0.2, -0.15) is 0 Å². The van der Waals surface area contributed by atoms with Crippen LogP contribution in [0, 0.1) is 0 Å². The molecule has 2 aromatic carbocycles. The number of esters is 1. The predicted molar refractivity (Wildman–Crippen MR) is 101 cm³/mol. The van der Waals surface area contributed by atoms with Gasteiger partial charge in [0.25, 0.3) is 0 Å². The van der Waals surface area contributed by atoms with Gasteiger partial charge in [0.2, 0.25) is 0 Å². The molecule has 1 aromatic heterocycles. The zero-order valence-electron chi connectivity index (χ0n) is 13.0. The molecule has 0 spiro atoms. The number of aromatic amines is 1. The number of carbonyl (C=O) groups is 2. The van der Waals surface area contributed by atoms with Crippen LogP contribution in [0.3, 0.4) is 0 Å². The Morgan fingerprint density at radius 3 is 2.68 bits per heavy atom. The van der Waals surface area contributed by atoms with E-state index in [1.165, 1.54) is 7.11 Å². The van der Waals surface area contributed by atoms with Gasteiger partial charge in [-0.1, -0.05) is 33.6 Å². The normalized spacial score (nSPS) is 10.5. The smallest absolute Gasteiger partial charge is 0.356 e. The average molecular weight is 423 g/mol. The topological polar surface area (TPSA) is 83.2 Å². The largest absolute Gasteiger partial charge is 0.464 e. The van der Waals surface area contributed by atoms with E-state index in [-0.39, 0.29) is 5.69 Å². The zero-order chi connectivity index (χ0) is 18.0. The lowest BCUT2D eigenvalue weighted by atomic mass is 10.2. The predicted octanol–water partition coefficient (Wildman–Crippen LogP) is 5.01. The van der Waals surface area contributed by atoms with Crippen LogP contribution in [0.2, 0.25) is 5.02 Å². The number of rotatable bonds is 3. The molecule has 0 saturated heterocycles. The van der Waals surface area contributed by atoms with E-state index < -0.39 is 12.0 Å². The summed E-state index contributed by atoms with van der Waals surface area (Å²) in [6, 6.07) is 11.7. The second-order valence-corrected chi connectivity index (χ2v) is 6.50. The van der Waals surface area contributed by atoms with Gasteiger partial charge in [0.05, 0.1) is 12.8 Å². The van der Waals surface area contributed by atoms with Crippen LogP contribution >= 0.6 is 27.5 Å². The average Bonchev–Trinajstić information content (AvgIpc) is 2.92. The van der Waals surface area contributed by atoms with Crippen LogP contribution < -0.4 is 10.6 Å². The Morgan fingerprint density at radius 2 is 1.96 bits per heavy atom. The number of aromatic nitrogens is 1. The van der Waals surface area contributed by atoms with E-state index in [9.17, 15) is 9.59 Å². The molecule has 25 heavy (non-hydrogen) atoms. The highest BCUT2D eigenvalue weighted by Crippen LogP contribution is 2.31.